The Labute approximate surface area is 95.5 Å². The van der Waals surface area contributed by atoms with Crippen molar-refractivity contribution in [2.24, 2.45) is 0 Å². The van der Waals surface area contributed by atoms with Gasteiger partial charge < -0.3 is 4.74 Å². The Bertz CT molecular complexity index is 187. The smallest absolute Gasteiger partial charge is 0.362 e. The Balaban J connectivity index is 2.56. The molecule has 1 fully saturated rings. The number of halogens is 4. The van der Waals surface area contributed by atoms with Gasteiger partial charge in [-0.2, -0.15) is 13.2 Å². The van der Waals surface area contributed by atoms with Crippen LogP contribution in [0.2, 0.25) is 0 Å². The van der Waals surface area contributed by atoms with Crippen molar-refractivity contribution in [1.82, 2.24) is 0 Å². The molecule has 5 heteroatoms. The Kier molecular flexibility index (Phi) is 4.08. The van der Waals surface area contributed by atoms with Crippen molar-refractivity contribution >= 4 is 22.6 Å². The number of hydrogen-bond donors (Lipinski definition) is 0. The molecule has 0 saturated heterocycles. The van der Waals surface area contributed by atoms with Crippen molar-refractivity contribution in [3.8, 4) is 0 Å². The van der Waals surface area contributed by atoms with Crippen molar-refractivity contribution in [3.63, 3.8) is 0 Å². The van der Waals surface area contributed by atoms with Crippen molar-refractivity contribution in [2.75, 3.05) is 4.43 Å². The second-order valence-corrected chi connectivity index (χ2v) is 4.59. The van der Waals surface area contributed by atoms with E-state index in [1.807, 2.05) is 0 Å². The SMILES string of the molecule is CC(OC1(CI)CCCC1)C(F)(F)F. The van der Waals surface area contributed by atoms with Crippen LogP contribution >= 0.6 is 22.6 Å². The van der Waals surface area contributed by atoms with Gasteiger partial charge in [-0.1, -0.05) is 35.4 Å². The average molecular weight is 322 g/mol. The molecule has 1 aliphatic rings. The molecule has 1 unspecified atom stereocenters. The number of rotatable bonds is 3. The average Bonchev–Trinajstić information content (AvgIpc) is 2.52. The summed E-state index contributed by atoms with van der Waals surface area (Å²) in [5, 5.41) is 0. The summed E-state index contributed by atoms with van der Waals surface area (Å²) in [5.74, 6) is 0. The minimum Gasteiger partial charge on any atom is -0.362 e. The summed E-state index contributed by atoms with van der Waals surface area (Å²) in [7, 11) is 0. The molecule has 0 radical (unpaired) electrons. The molecule has 0 bridgehead atoms. The maximum absolute atomic E-state index is 12.3. The van der Waals surface area contributed by atoms with E-state index in [1.165, 1.54) is 0 Å². The lowest BCUT2D eigenvalue weighted by atomic mass is 10.1. The molecular formula is C9H14F3IO. The quantitative estimate of drug-likeness (QED) is 0.569. The molecule has 1 rings (SSSR count). The predicted octanol–water partition coefficient (Wildman–Crippen LogP) is 3.70. The minimum atomic E-state index is -4.23. The van der Waals surface area contributed by atoms with Crippen LogP contribution in [0.15, 0.2) is 0 Å². The van der Waals surface area contributed by atoms with Crippen LogP contribution in [0, 0.1) is 0 Å². The first-order valence-corrected chi connectivity index (χ1v) is 6.23. The lowest BCUT2D eigenvalue weighted by Gasteiger charge is -2.31. The van der Waals surface area contributed by atoms with Crippen LogP contribution in [0.1, 0.15) is 32.6 Å². The lowest BCUT2D eigenvalue weighted by Crippen LogP contribution is -2.40. The third kappa shape index (κ3) is 2.98. The zero-order valence-electron chi connectivity index (χ0n) is 8.03. The summed E-state index contributed by atoms with van der Waals surface area (Å²) < 4.78 is 42.7. The number of alkyl halides is 4. The molecule has 0 aromatic carbocycles. The lowest BCUT2D eigenvalue weighted by molar-refractivity contribution is -0.242. The Hall–Kier alpha value is 0.480. The molecule has 0 amide bonds. The van der Waals surface area contributed by atoms with Gasteiger partial charge in [0.1, 0.15) is 0 Å². The molecule has 0 aromatic rings. The molecule has 0 spiro atoms. The third-order valence-corrected chi connectivity index (χ3v) is 4.04. The van der Waals surface area contributed by atoms with Crippen LogP contribution in [-0.2, 0) is 4.74 Å². The fraction of sp³-hybridized carbons (Fsp3) is 1.00. The van der Waals surface area contributed by atoms with Crippen LogP contribution in [0.4, 0.5) is 13.2 Å². The van der Waals surface area contributed by atoms with Crippen molar-refractivity contribution in [3.05, 3.63) is 0 Å². The molecule has 1 aliphatic carbocycles. The van der Waals surface area contributed by atoms with Crippen LogP contribution in [0.25, 0.3) is 0 Å². The fourth-order valence-corrected chi connectivity index (χ4v) is 2.69. The highest BCUT2D eigenvalue weighted by Crippen LogP contribution is 2.38. The van der Waals surface area contributed by atoms with Gasteiger partial charge >= 0.3 is 6.18 Å². The second kappa shape index (κ2) is 4.55. The van der Waals surface area contributed by atoms with Crippen LogP contribution in [0.5, 0.6) is 0 Å². The molecule has 14 heavy (non-hydrogen) atoms. The molecule has 0 N–H and O–H groups in total. The highest BCUT2D eigenvalue weighted by molar-refractivity contribution is 14.1. The highest BCUT2D eigenvalue weighted by atomic mass is 127. The minimum absolute atomic E-state index is 0.518. The van der Waals surface area contributed by atoms with Gasteiger partial charge in [0.15, 0.2) is 6.10 Å². The fourth-order valence-electron chi connectivity index (χ4n) is 1.74. The van der Waals surface area contributed by atoms with Crippen molar-refractivity contribution in [1.29, 1.82) is 0 Å². The molecule has 1 atom stereocenters. The monoisotopic (exact) mass is 322 g/mol. The Morgan fingerprint density at radius 3 is 2.21 bits per heavy atom. The van der Waals surface area contributed by atoms with E-state index in [9.17, 15) is 13.2 Å². The first-order valence-electron chi connectivity index (χ1n) is 4.70. The first-order chi connectivity index (χ1) is 6.40. The Morgan fingerprint density at radius 1 is 1.36 bits per heavy atom. The van der Waals surface area contributed by atoms with Gasteiger partial charge in [-0.3, -0.25) is 0 Å². The summed E-state index contributed by atoms with van der Waals surface area (Å²) in [6.07, 6.45) is -2.40. The van der Waals surface area contributed by atoms with E-state index in [0.717, 1.165) is 32.6 Å². The van der Waals surface area contributed by atoms with Gasteiger partial charge in [0.2, 0.25) is 0 Å². The van der Waals surface area contributed by atoms with E-state index in [4.69, 9.17) is 4.74 Å². The second-order valence-electron chi connectivity index (χ2n) is 3.83. The first kappa shape index (κ1) is 12.5. The zero-order chi connectivity index (χ0) is 10.8. The standard InChI is InChI=1S/C9H14F3IO/c1-7(9(10,11)12)14-8(6-13)4-2-3-5-8/h7H,2-6H2,1H3. The van der Waals surface area contributed by atoms with Gasteiger partial charge in [-0.25, -0.2) is 0 Å². The van der Waals surface area contributed by atoms with Crippen LogP contribution in [-0.4, -0.2) is 22.3 Å². The summed E-state index contributed by atoms with van der Waals surface area (Å²) in [6.45, 7) is 1.09. The summed E-state index contributed by atoms with van der Waals surface area (Å²) in [5.41, 5.74) is -0.518. The van der Waals surface area contributed by atoms with Gasteiger partial charge in [0.25, 0.3) is 0 Å². The van der Waals surface area contributed by atoms with E-state index in [1.54, 1.807) is 0 Å². The molecule has 84 valence electrons. The third-order valence-electron chi connectivity index (χ3n) is 2.65. The van der Waals surface area contributed by atoms with Crippen molar-refractivity contribution in [2.45, 2.75) is 50.5 Å². The van der Waals surface area contributed by atoms with E-state index in [0.29, 0.717) is 4.43 Å². The maximum atomic E-state index is 12.3. The van der Waals surface area contributed by atoms with E-state index >= 15 is 0 Å². The predicted molar refractivity (Wildman–Crippen MR) is 56.7 cm³/mol. The van der Waals surface area contributed by atoms with E-state index in [-0.39, 0.29) is 0 Å². The zero-order valence-corrected chi connectivity index (χ0v) is 10.2. The molecular weight excluding hydrogens is 308 g/mol. The van der Waals surface area contributed by atoms with Gasteiger partial charge in [0, 0.05) is 4.43 Å². The normalized spacial score (nSPS) is 23.8. The molecule has 1 nitrogen and oxygen atoms in total. The molecule has 0 aromatic heterocycles. The summed E-state index contributed by atoms with van der Waals surface area (Å²) in [4.78, 5) is 0. The molecule has 0 heterocycles. The van der Waals surface area contributed by atoms with E-state index < -0.39 is 17.9 Å². The Morgan fingerprint density at radius 2 is 1.86 bits per heavy atom. The van der Waals surface area contributed by atoms with Gasteiger partial charge in [-0.15, -0.1) is 0 Å². The number of ether oxygens (including phenoxy) is 1. The highest BCUT2D eigenvalue weighted by Gasteiger charge is 2.44. The van der Waals surface area contributed by atoms with Gasteiger partial charge in [0.05, 0.1) is 5.60 Å². The summed E-state index contributed by atoms with van der Waals surface area (Å²) in [6, 6.07) is 0. The molecule has 1 saturated carbocycles. The van der Waals surface area contributed by atoms with Crippen LogP contribution in [0.3, 0.4) is 0 Å². The molecule has 0 aliphatic heterocycles. The van der Waals surface area contributed by atoms with E-state index in [2.05, 4.69) is 22.6 Å². The van der Waals surface area contributed by atoms with Crippen molar-refractivity contribution < 1.29 is 17.9 Å². The maximum Gasteiger partial charge on any atom is 0.414 e. The van der Waals surface area contributed by atoms with Gasteiger partial charge in [-0.05, 0) is 19.8 Å². The largest absolute Gasteiger partial charge is 0.414 e. The summed E-state index contributed by atoms with van der Waals surface area (Å²) >= 11 is 2.11. The number of hydrogen-bond acceptors (Lipinski definition) is 1. The topological polar surface area (TPSA) is 9.23 Å². The van der Waals surface area contributed by atoms with Crippen LogP contribution < -0.4 is 0 Å².